The average molecular weight is 624 g/mol. The number of hydrogen-bond acceptors (Lipinski definition) is 6. The molecule has 0 aliphatic carbocycles. The van der Waals surface area contributed by atoms with Crippen molar-refractivity contribution < 1.29 is 35.3 Å². The van der Waals surface area contributed by atoms with Gasteiger partial charge in [-0.1, -0.05) is 97.1 Å². The number of aromatic nitrogens is 8. The molecule has 200 valence electrons. The number of benzene rings is 4. The van der Waals surface area contributed by atoms with E-state index in [4.69, 9.17) is 29.9 Å². The van der Waals surface area contributed by atoms with Gasteiger partial charge in [-0.05, 0) is 0 Å². The third-order valence-corrected chi connectivity index (χ3v) is 7.46. The molecular weight excluding hydrogens is 606 g/mol. The molecule has 0 saturated heterocycles. The average Bonchev–Trinajstić information content (AvgIpc) is 3.73. The van der Waals surface area contributed by atoms with E-state index in [1.165, 1.54) is 0 Å². The molecule has 9 rings (SSSR count). The third kappa shape index (κ3) is 3.90. The summed E-state index contributed by atoms with van der Waals surface area (Å²) in [6.07, 6.45) is 0. The molecule has 7 aromatic rings. The molecule has 0 unspecified atom stereocenters. The van der Waals surface area contributed by atoms with E-state index < -0.39 is 0 Å². The number of hydrogen-bond donors (Lipinski definition) is 2. The Balaban J connectivity index is 0.00000144. The fourth-order valence-electron chi connectivity index (χ4n) is 5.59. The molecule has 8 nitrogen and oxygen atoms in total. The summed E-state index contributed by atoms with van der Waals surface area (Å²) in [5, 5.41) is 3.82. The van der Waals surface area contributed by atoms with Crippen molar-refractivity contribution in [2.24, 2.45) is 0 Å². The Bertz CT molecular complexity index is 2040. The van der Waals surface area contributed by atoms with Crippen LogP contribution in [-0.4, -0.2) is 39.9 Å². The Labute approximate surface area is 260 Å². The topological polar surface area (TPSA) is 109 Å². The van der Waals surface area contributed by atoms with Crippen molar-refractivity contribution in [3.63, 3.8) is 0 Å². The van der Waals surface area contributed by atoms with Crippen molar-refractivity contribution in [3.8, 4) is 45.6 Å². The zero-order valence-electron chi connectivity index (χ0n) is 21.7. The Hall–Kier alpha value is -4.67. The number of nitrogens with one attached hydrogen (secondary N) is 2. The van der Waals surface area contributed by atoms with Crippen LogP contribution in [0.4, 0.5) is 0 Å². The van der Waals surface area contributed by atoms with Crippen LogP contribution in [0.1, 0.15) is 0 Å². The van der Waals surface area contributed by atoms with E-state index in [1.807, 2.05) is 97.1 Å². The molecule has 2 N–H and O–H groups in total. The van der Waals surface area contributed by atoms with Gasteiger partial charge in [-0.15, -0.1) is 0 Å². The predicted molar refractivity (Wildman–Crippen MR) is 156 cm³/mol. The van der Waals surface area contributed by atoms with E-state index in [-0.39, 0.29) is 35.3 Å². The number of aromatic amines is 2. The zero-order valence-corrected chi connectivity index (χ0v) is 24.1. The number of rotatable bonds is 0. The molecule has 0 fully saturated rings. The molecule has 3 aromatic heterocycles. The van der Waals surface area contributed by atoms with Gasteiger partial charge in [-0.2, -0.15) is 0 Å². The maximum Gasteiger partial charge on any atom is 0.164 e. The van der Waals surface area contributed by atoms with Crippen molar-refractivity contribution in [2.45, 2.75) is 0 Å². The summed E-state index contributed by atoms with van der Waals surface area (Å²) in [6, 6.07) is 32.2. The van der Waals surface area contributed by atoms with Crippen LogP contribution in [0.5, 0.6) is 0 Å². The van der Waals surface area contributed by atoms with Gasteiger partial charge in [0, 0.05) is 79.1 Å². The van der Waals surface area contributed by atoms with Crippen molar-refractivity contribution in [2.75, 3.05) is 0 Å². The van der Waals surface area contributed by atoms with Crippen LogP contribution in [-0.2, 0) is 35.3 Å². The van der Waals surface area contributed by atoms with Gasteiger partial charge in [-0.25, -0.2) is 29.9 Å². The van der Waals surface area contributed by atoms with Gasteiger partial charge in [0.1, 0.15) is 22.6 Å². The largest absolute Gasteiger partial charge is 0.324 e. The second-order valence-electron chi connectivity index (χ2n) is 9.79. The molecule has 4 aromatic carbocycles. The van der Waals surface area contributed by atoms with Crippen LogP contribution in [0.3, 0.4) is 0 Å². The zero-order chi connectivity index (χ0) is 26.2. The van der Waals surface area contributed by atoms with E-state index >= 15 is 0 Å². The molecule has 0 amide bonds. The number of H-pyrrole nitrogens is 2. The first-order valence-electron chi connectivity index (χ1n) is 13.0. The van der Waals surface area contributed by atoms with Gasteiger partial charge < -0.3 is 9.97 Å². The fraction of sp³-hybridized carbons (Fsp3) is 0. The molecule has 10 heteroatoms. The standard InChI is InChI=1S/C32H18N8.Co.V/c1-2-10-18-17(9-1)25-33-26(18)38-28-21-13-5-6-14-22(21)30(35-28)40-32-24-16-8-7-15-23(24)31(36-32)39-29-20-12-4-3-11-19(20)27(34-29)37-25;;/h1-16H,(H2,33,34,35,36,37,38,39,40);;. The number of fused-ring (bicyclic) bond motifs is 20. The summed E-state index contributed by atoms with van der Waals surface area (Å²) in [7, 11) is 0. The summed E-state index contributed by atoms with van der Waals surface area (Å²) in [5.41, 5.74) is 6.45. The Morgan fingerprint density at radius 1 is 0.333 bits per heavy atom. The van der Waals surface area contributed by atoms with Crippen molar-refractivity contribution in [1.82, 2.24) is 39.9 Å². The van der Waals surface area contributed by atoms with Crippen LogP contribution in [0.15, 0.2) is 97.1 Å². The first-order chi connectivity index (χ1) is 19.8. The fourth-order valence-corrected chi connectivity index (χ4v) is 5.59. The van der Waals surface area contributed by atoms with Crippen molar-refractivity contribution in [1.29, 1.82) is 0 Å². The van der Waals surface area contributed by atoms with Gasteiger partial charge in [0.05, 0.1) is 0 Å². The Morgan fingerprint density at radius 3 is 0.833 bits per heavy atom. The SMILES string of the molecule is [Co].[V].c1ccc2c(c1)-c1nc-2nc2[nH]c(nc3nc(nc4[nH]c(n1)c1ccccc41)-c1ccccc1-3)c1ccccc21. The van der Waals surface area contributed by atoms with E-state index in [9.17, 15) is 0 Å². The normalized spacial score (nSPS) is 11.4. The van der Waals surface area contributed by atoms with Gasteiger partial charge in [0.15, 0.2) is 23.3 Å². The molecule has 42 heavy (non-hydrogen) atoms. The van der Waals surface area contributed by atoms with Crippen LogP contribution < -0.4 is 0 Å². The van der Waals surface area contributed by atoms with E-state index in [1.54, 1.807) is 0 Å². The smallest absolute Gasteiger partial charge is 0.164 e. The molecule has 2 aliphatic rings. The monoisotopic (exact) mass is 624 g/mol. The summed E-state index contributed by atoms with van der Waals surface area (Å²) in [5.74, 6) is 2.39. The second kappa shape index (κ2) is 10.0. The van der Waals surface area contributed by atoms with Gasteiger partial charge in [-0.3, -0.25) is 0 Å². The summed E-state index contributed by atoms with van der Waals surface area (Å²) < 4.78 is 0. The Kier molecular flexibility index (Phi) is 6.25. The van der Waals surface area contributed by atoms with Crippen LogP contribution in [0.2, 0.25) is 0 Å². The Morgan fingerprint density at radius 2 is 0.571 bits per heavy atom. The van der Waals surface area contributed by atoms with E-state index in [0.29, 0.717) is 45.9 Å². The quantitative estimate of drug-likeness (QED) is 0.191. The minimum Gasteiger partial charge on any atom is -0.324 e. The number of nitrogens with zero attached hydrogens (tertiary/aromatic N) is 6. The molecule has 0 saturated carbocycles. The van der Waals surface area contributed by atoms with E-state index in [0.717, 1.165) is 43.8 Å². The van der Waals surface area contributed by atoms with Crippen LogP contribution >= 0.6 is 0 Å². The van der Waals surface area contributed by atoms with Gasteiger partial charge in [0.2, 0.25) is 0 Å². The van der Waals surface area contributed by atoms with Gasteiger partial charge >= 0.3 is 0 Å². The molecule has 0 atom stereocenters. The molecule has 2 aliphatic heterocycles. The maximum atomic E-state index is 5.02. The first kappa shape index (κ1) is 26.2. The molecule has 0 spiro atoms. The van der Waals surface area contributed by atoms with E-state index in [2.05, 4.69) is 9.97 Å². The first-order valence-corrected chi connectivity index (χ1v) is 13.0. The summed E-state index contributed by atoms with van der Waals surface area (Å²) in [6.45, 7) is 0. The van der Waals surface area contributed by atoms with Crippen molar-refractivity contribution in [3.05, 3.63) is 97.1 Å². The van der Waals surface area contributed by atoms with Crippen LogP contribution in [0.25, 0.3) is 89.7 Å². The summed E-state index contributed by atoms with van der Waals surface area (Å²) in [4.78, 5) is 36.8. The minimum absolute atomic E-state index is 0. The predicted octanol–water partition coefficient (Wildman–Crippen LogP) is 6.86. The maximum absolute atomic E-state index is 5.02. The second-order valence-corrected chi connectivity index (χ2v) is 9.79. The minimum atomic E-state index is 0. The molecule has 5 heterocycles. The third-order valence-electron chi connectivity index (χ3n) is 7.46. The summed E-state index contributed by atoms with van der Waals surface area (Å²) >= 11 is 0. The molecular formula is C32H18CoN8V. The van der Waals surface area contributed by atoms with Crippen molar-refractivity contribution >= 4 is 44.1 Å². The van der Waals surface area contributed by atoms with Gasteiger partial charge in [0.25, 0.3) is 0 Å². The molecule has 2 radical (unpaired) electrons. The molecule has 8 bridgehead atoms. The van der Waals surface area contributed by atoms with Crippen LogP contribution in [0, 0.1) is 0 Å².